The Kier molecular flexibility index (Phi) is 4.40. The molecule has 2 heterocycles. The van der Waals surface area contributed by atoms with E-state index in [0.29, 0.717) is 10.9 Å². The molecule has 0 spiro atoms. The summed E-state index contributed by atoms with van der Waals surface area (Å²) >= 11 is 0. The van der Waals surface area contributed by atoms with Crippen LogP contribution in [0.1, 0.15) is 17.2 Å². The summed E-state index contributed by atoms with van der Waals surface area (Å²) in [6.45, 7) is 3.53. The predicted octanol–water partition coefficient (Wildman–Crippen LogP) is 5.04. The van der Waals surface area contributed by atoms with E-state index in [1.807, 2.05) is 6.07 Å². The van der Waals surface area contributed by atoms with Gasteiger partial charge in [-0.15, -0.1) is 0 Å². The zero-order valence-corrected chi connectivity index (χ0v) is 17.5. The van der Waals surface area contributed by atoms with E-state index in [-0.39, 0.29) is 16.7 Å². The molecule has 6 rings (SSSR count). The number of benzene rings is 3. The Labute approximate surface area is 185 Å². The first kappa shape index (κ1) is 19.0. The number of nitro groups is 1. The summed E-state index contributed by atoms with van der Waals surface area (Å²) in [5.74, 6) is 0. The van der Waals surface area contributed by atoms with Crippen molar-refractivity contribution in [2.45, 2.75) is 6.04 Å². The lowest BCUT2D eigenvalue weighted by atomic mass is 10.0. The number of pyridine rings is 1. The molecule has 0 bridgehead atoms. The molecule has 4 aromatic rings. The van der Waals surface area contributed by atoms with Gasteiger partial charge in [-0.25, -0.2) is 0 Å². The van der Waals surface area contributed by atoms with Crippen LogP contribution in [0, 0.1) is 10.1 Å². The molecule has 0 amide bonds. The summed E-state index contributed by atoms with van der Waals surface area (Å²) in [5.41, 5.74) is 7.20. The zero-order valence-electron chi connectivity index (χ0n) is 17.5. The molecule has 2 aliphatic rings. The summed E-state index contributed by atoms with van der Waals surface area (Å²) in [7, 11) is 0. The molecule has 3 aromatic carbocycles. The first-order valence-electron chi connectivity index (χ1n) is 10.9. The van der Waals surface area contributed by atoms with Crippen molar-refractivity contribution in [2.24, 2.45) is 0 Å². The van der Waals surface area contributed by atoms with E-state index < -0.39 is 0 Å². The van der Waals surface area contributed by atoms with Crippen LogP contribution in [0.3, 0.4) is 0 Å². The molecule has 0 radical (unpaired) electrons. The Balaban J connectivity index is 1.30. The lowest BCUT2D eigenvalue weighted by molar-refractivity contribution is -0.383. The molecule has 158 valence electrons. The molecule has 1 aliphatic carbocycles. The van der Waals surface area contributed by atoms with E-state index in [2.05, 4.69) is 63.3 Å². The molecular weight excluding hydrogens is 400 g/mol. The van der Waals surface area contributed by atoms with Crippen molar-refractivity contribution in [3.05, 3.63) is 100 Å². The van der Waals surface area contributed by atoms with Gasteiger partial charge >= 0.3 is 0 Å². The molecule has 0 N–H and O–H groups in total. The third kappa shape index (κ3) is 2.87. The standard InChI is InChI=1S/C26H22N4O2/c31-30(32)23-11-12-24(25-22(23)10-5-13-27-25)28-14-16-29(17-15-28)26-20-8-3-1-6-18(20)19-7-2-4-9-21(19)26/h1-13,26H,14-17H2. The summed E-state index contributed by atoms with van der Waals surface area (Å²) in [6, 6.07) is 24.7. The second-order valence-corrected chi connectivity index (χ2v) is 8.36. The number of aromatic nitrogens is 1. The van der Waals surface area contributed by atoms with E-state index in [0.717, 1.165) is 31.9 Å². The van der Waals surface area contributed by atoms with Gasteiger partial charge in [0.25, 0.3) is 5.69 Å². The fourth-order valence-electron chi connectivity index (χ4n) is 5.30. The minimum absolute atomic E-state index is 0.106. The van der Waals surface area contributed by atoms with Gasteiger partial charge in [-0.3, -0.25) is 20.0 Å². The minimum Gasteiger partial charge on any atom is -0.367 e. The van der Waals surface area contributed by atoms with Gasteiger partial charge in [0.15, 0.2) is 0 Å². The highest BCUT2D eigenvalue weighted by Gasteiger charge is 2.34. The summed E-state index contributed by atoms with van der Waals surface area (Å²) < 4.78 is 0. The topological polar surface area (TPSA) is 62.5 Å². The average Bonchev–Trinajstić information content (AvgIpc) is 3.18. The van der Waals surface area contributed by atoms with Gasteiger partial charge in [-0.1, -0.05) is 48.5 Å². The molecule has 6 nitrogen and oxygen atoms in total. The van der Waals surface area contributed by atoms with Crippen LogP contribution in [-0.4, -0.2) is 41.0 Å². The van der Waals surface area contributed by atoms with E-state index in [1.165, 1.54) is 22.3 Å². The van der Waals surface area contributed by atoms with Crippen molar-refractivity contribution in [2.75, 3.05) is 31.1 Å². The number of nitro benzene ring substituents is 1. The van der Waals surface area contributed by atoms with E-state index in [1.54, 1.807) is 24.4 Å². The second-order valence-electron chi connectivity index (χ2n) is 8.36. The van der Waals surface area contributed by atoms with E-state index in [4.69, 9.17) is 0 Å². The van der Waals surface area contributed by atoms with Crippen LogP contribution < -0.4 is 4.90 Å². The normalized spacial score (nSPS) is 16.2. The third-order valence-corrected chi connectivity index (χ3v) is 6.74. The Morgan fingerprint density at radius 2 is 1.47 bits per heavy atom. The van der Waals surface area contributed by atoms with Crippen LogP contribution in [0.5, 0.6) is 0 Å². The molecule has 1 saturated heterocycles. The Bertz CT molecular complexity index is 1300. The van der Waals surface area contributed by atoms with Crippen LogP contribution in [0.2, 0.25) is 0 Å². The lowest BCUT2D eigenvalue weighted by Crippen LogP contribution is -2.47. The van der Waals surface area contributed by atoms with Crippen molar-refractivity contribution in [1.82, 2.24) is 9.88 Å². The predicted molar refractivity (Wildman–Crippen MR) is 126 cm³/mol. The summed E-state index contributed by atoms with van der Waals surface area (Å²) in [6.07, 6.45) is 1.71. The average molecular weight is 422 g/mol. The van der Waals surface area contributed by atoms with Crippen molar-refractivity contribution < 1.29 is 4.92 Å². The van der Waals surface area contributed by atoms with E-state index >= 15 is 0 Å². The quantitative estimate of drug-likeness (QED) is 0.342. The van der Waals surface area contributed by atoms with Gasteiger partial charge < -0.3 is 4.90 Å². The molecular formula is C26H22N4O2. The fraction of sp³-hybridized carbons (Fsp3) is 0.192. The molecule has 1 aliphatic heterocycles. The number of hydrogen-bond donors (Lipinski definition) is 0. The van der Waals surface area contributed by atoms with Gasteiger partial charge in [0.1, 0.15) is 5.52 Å². The molecule has 1 aromatic heterocycles. The Morgan fingerprint density at radius 3 is 2.12 bits per heavy atom. The SMILES string of the molecule is O=[N+]([O-])c1ccc(N2CCN(C3c4ccccc4-c4ccccc43)CC2)c2ncccc12. The first-order valence-corrected chi connectivity index (χ1v) is 10.9. The Morgan fingerprint density at radius 1 is 0.812 bits per heavy atom. The number of rotatable bonds is 3. The lowest BCUT2D eigenvalue weighted by Gasteiger charge is -2.39. The zero-order chi connectivity index (χ0) is 21.7. The van der Waals surface area contributed by atoms with Crippen molar-refractivity contribution in [1.29, 1.82) is 0 Å². The summed E-state index contributed by atoms with van der Waals surface area (Å²) in [5, 5.41) is 12.0. The molecule has 0 unspecified atom stereocenters. The van der Waals surface area contributed by atoms with Gasteiger partial charge in [0.05, 0.1) is 22.0 Å². The molecule has 0 saturated carbocycles. The molecule has 32 heavy (non-hydrogen) atoms. The van der Waals surface area contributed by atoms with Crippen molar-refractivity contribution in [3.63, 3.8) is 0 Å². The monoisotopic (exact) mass is 422 g/mol. The van der Waals surface area contributed by atoms with Crippen LogP contribution in [-0.2, 0) is 0 Å². The van der Waals surface area contributed by atoms with Crippen LogP contribution >= 0.6 is 0 Å². The highest BCUT2D eigenvalue weighted by Crippen LogP contribution is 2.46. The first-order chi connectivity index (χ1) is 15.7. The number of piperazine rings is 1. The number of anilines is 1. The van der Waals surface area contributed by atoms with E-state index in [9.17, 15) is 10.1 Å². The van der Waals surface area contributed by atoms with Crippen molar-refractivity contribution >= 4 is 22.3 Å². The largest absolute Gasteiger partial charge is 0.367 e. The maximum atomic E-state index is 11.5. The minimum atomic E-state index is -0.333. The number of non-ortho nitro benzene ring substituents is 1. The highest BCUT2D eigenvalue weighted by atomic mass is 16.6. The number of nitrogens with zero attached hydrogens (tertiary/aromatic N) is 4. The molecule has 1 fully saturated rings. The van der Waals surface area contributed by atoms with Gasteiger partial charge in [0.2, 0.25) is 0 Å². The maximum absolute atomic E-state index is 11.5. The van der Waals surface area contributed by atoms with Gasteiger partial charge in [-0.05, 0) is 40.5 Å². The Hall–Kier alpha value is -3.77. The number of hydrogen-bond acceptors (Lipinski definition) is 5. The maximum Gasteiger partial charge on any atom is 0.278 e. The van der Waals surface area contributed by atoms with Gasteiger partial charge in [-0.2, -0.15) is 0 Å². The fourth-order valence-corrected chi connectivity index (χ4v) is 5.30. The van der Waals surface area contributed by atoms with Crippen LogP contribution in [0.25, 0.3) is 22.0 Å². The third-order valence-electron chi connectivity index (χ3n) is 6.74. The highest BCUT2D eigenvalue weighted by molar-refractivity contribution is 5.97. The molecule has 0 atom stereocenters. The smallest absolute Gasteiger partial charge is 0.278 e. The van der Waals surface area contributed by atoms with Gasteiger partial charge in [0, 0.05) is 38.4 Å². The van der Waals surface area contributed by atoms with Crippen LogP contribution in [0.15, 0.2) is 79.0 Å². The van der Waals surface area contributed by atoms with Crippen molar-refractivity contribution in [3.8, 4) is 11.1 Å². The summed E-state index contributed by atoms with van der Waals surface area (Å²) in [4.78, 5) is 20.5. The second kappa shape index (κ2) is 7.43. The molecule has 6 heteroatoms. The van der Waals surface area contributed by atoms with Crippen LogP contribution in [0.4, 0.5) is 11.4 Å². The number of fused-ring (bicyclic) bond motifs is 4.